The summed E-state index contributed by atoms with van der Waals surface area (Å²) in [6, 6.07) is 29.7. The summed E-state index contributed by atoms with van der Waals surface area (Å²) in [7, 11) is 0. The molecule has 1 aliphatic heterocycles. The zero-order valence-electron chi connectivity index (χ0n) is 24.3. The second-order valence-corrected chi connectivity index (χ2v) is 11.9. The van der Waals surface area contributed by atoms with Crippen LogP contribution in [0.15, 0.2) is 102 Å². The number of benzene rings is 3. The van der Waals surface area contributed by atoms with Crippen molar-refractivity contribution in [2.75, 3.05) is 36.8 Å². The van der Waals surface area contributed by atoms with Crippen molar-refractivity contribution in [1.82, 2.24) is 24.4 Å². The van der Waals surface area contributed by atoms with E-state index in [-0.39, 0.29) is 11.3 Å². The van der Waals surface area contributed by atoms with Crippen LogP contribution in [0.25, 0.3) is 39.5 Å². The van der Waals surface area contributed by atoms with Crippen molar-refractivity contribution in [2.45, 2.75) is 6.54 Å². The number of hydrogen-bond donors (Lipinski definition) is 2. The third-order valence-electron chi connectivity index (χ3n) is 8.19. The van der Waals surface area contributed by atoms with Gasteiger partial charge in [-0.1, -0.05) is 42.5 Å². The van der Waals surface area contributed by atoms with Gasteiger partial charge in [0.25, 0.3) is 0 Å². The Bertz CT molecular complexity index is 2000. The Kier molecular flexibility index (Phi) is 7.74. The number of halogens is 1. The molecule has 0 amide bonds. The molecule has 7 rings (SSSR count). The summed E-state index contributed by atoms with van der Waals surface area (Å²) in [5.41, 5.74) is 13.8. The van der Waals surface area contributed by atoms with E-state index >= 15 is 0 Å². The zero-order chi connectivity index (χ0) is 30.9. The van der Waals surface area contributed by atoms with Crippen molar-refractivity contribution in [2.24, 2.45) is 0 Å². The van der Waals surface area contributed by atoms with Crippen LogP contribution in [0.1, 0.15) is 15.9 Å². The fourth-order valence-electron chi connectivity index (χ4n) is 5.82. The second kappa shape index (κ2) is 12.1. The molecule has 1 saturated heterocycles. The van der Waals surface area contributed by atoms with Gasteiger partial charge in [0, 0.05) is 60.7 Å². The SMILES string of the molecule is Nc1ncccc1-c1nc2ccc(-c3ccccc3)nc2n1-c1ccc(CN2CCN(c3cc(O)c(C=O)cc3Br)CC2)cc1. The number of aldehydes is 1. The van der Waals surface area contributed by atoms with Crippen LogP contribution in [0.4, 0.5) is 11.5 Å². The summed E-state index contributed by atoms with van der Waals surface area (Å²) in [6.45, 7) is 4.17. The van der Waals surface area contributed by atoms with Gasteiger partial charge >= 0.3 is 0 Å². The molecule has 3 N–H and O–H groups in total. The monoisotopic (exact) mass is 659 g/mol. The van der Waals surface area contributed by atoms with Crippen LogP contribution < -0.4 is 10.6 Å². The number of nitrogens with two attached hydrogens (primary N) is 1. The number of imidazole rings is 1. The lowest BCUT2D eigenvalue weighted by molar-refractivity contribution is 0.112. The lowest BCUT2D eigenvalue weighted by atomic mass is 10.1. The number of rotatable bonds is 7. The molecule has 0 spiro atoms. The van der Waals surface area contributed by atoms with Gasteiger partial charge in [0.15, 0.2) is 17.8 Å². The molecule has 0 aliphatic carbocycles. The van der Waals surface area contributed by atoms with Crippen LogP contribution in [-0.2, 0) is 6.54 Å². The standard InChI is InChI=1S/C35H30BrN7O2/c36-28-19-25(22-44)32(45)20-31(28)42-17-15-41(16-18-42)21-23-8-10-26(11-9-23)43-34(27-7-4-14-38-33(27)37)40-30-13-12-29(39-35(30)43)24-5-2-1-3-6-24/h1-14,19-20,22,45H,15-18,21H2,(H2,37,38). The Balaban J connectivity index is 1.15. The number of aromatic nitrogens is 4. The van der Waals surface area contributed by atoms with Crippen molar-refractivity contribution < 1.29 is 9.90 Å². The summed E-state index contributed by atoms with van der Waals surface area (Å²) >= 11 is 3.56. The molecule has 0 saturated carbocycles. The topological polar surface area (TPSA) is 113 Å². The Morgan fingerprint density at radius 1 is 0.889 bits per heavy atom. The molecular formula is C35H30BrN7O2. The van der Waals surface area contributed by atoms with Crippen LogP contribution >= 0.6 is 15.9 Å². The Labute approximate surface area is 268 Å². The first kappa shape index (κ1) is 28.7. The molecule has 0 radical (unpaired) electrons. The van der Waals surface area contributed by atoms with Gasteiger partial charge < -0.3 is 15.7 Å². The molecule has 0 atom stereocenters. The number of nitrogen functional groups attached to an aromatic ring is 1. The molecule has 3 aromatic carbocycles. The average molecular weight is 661 g/mol. The molecule has 4 heterocycles. The molecule has 0 unspecified atom stereocenters. The van der Waals surface area contributed by atoms with Gasteiger partial charge in [0.2, 0.25) is 0 Å². The molecule has 10 heteroatoms. The maximum atomic E-state index is 11.2. The molecular weight excluding hydrogens is 630 g/mol. The predicted octanol–water partition coefficient (Wildman–Crippen LogP) is 6.33. The highest BCUT2D eigenvalue weighted by Gasteiger charge is 2.22. The minimum absolute atomic E-state index is 0.00255. The molecule has 3 aromatic heterocycles. The third kappa shape index (κ3) is 5.65. The summed E-state index contributed by atoms with van der Waals surface area (Å²) in [4.78, 5) is 30.1. The average Bonchev–Trinajstić information content (AvgIpc) is 3.45. The number of carbonyl (C=O) groups is 1. The molecule has 1 fully saturated rings. The van der Waals surface area contributed by atoms with Gasteiger partial charge in [-0.2, -0.15) is 0 Å². The number of pyridine rings is 2. The van der Waals surface area contributed by atoms with E-state index in [9.17, 15) is 9.90 Å². The lowest BCUT2D eigenvalue weighted by Gasteiger charge is -2.36. The number of nitrogens with zero attached hydrogens (tertiary/aromatic N) is 6. The highest BCUT2D eigenvalue weighted by molar-refractivity contribution is 9.10. The van der Waals surface area contributed by atoms with E-state index in [1.165, 1.54) is 5.56 Å². The van der Waals surface area contributed by atoms with Gasteiger partial charge in [-0.15, -0.1) is 0 Å². The molecule has 0 bridgehead atoms. The van der Waals surface area contributed by atoms with Gasteiger partial charge in [0.05, 0.1) is 22.5 Å². The van der Waals surface area contributed by atoms with Crippen LogP contribution in [0.2, 0.25) is 0 Å². The van der Waals surface area contributed by atoms with Crippen molar-refractivity contribution in [3.8, 4) is 34.1 Å². The molecule has 9 nitrogen and oxygen atoms in total. The fraction of sp³-hybridized carbons (Fsp3) is 0.143. The smallest absolute Gasteiger partial charge is 0.165 e. The Morgan fingerprint density at radius 2 is 1.67 bits per heavy atom. The van der Waals surface area contributed by atoms with Crippen LogP contribution in [0.5, 0.6) is 5.75 Å². The van der Waals surface area contributed by atoms with E-state index in [4.69, 9.17) is 15.7 Å². The van der Waals surface area contributed by atoms with Crippen LogP contribution in [0.3, 0.4) is 0 Å². The van der Waals surface area contributed by atoms with Crippen LogP contribution in [0, 0.1) is 0 Å². The summed E-state index contributed by atoms with van der Waals surface area (Å²) in [5.74, 6) is 1.10. The van der Waals surface area contributed by atoms with Crippen molar-refractivity contribution in [3.05, 3.63) is 113 Å². The van der Waals surface area contributed by atoms with E-state index < -0.39 is 0 Å². The van der Waals surface area contributed by atoms with Crippen LogP contribution in [-0.4, -0.2) is 62.0 Å². The zero-order valence-corrected chi connectivity index (χ0v) is 25.9. The quantitative estimate of drug-likeness (QED) is 0.191. The largest absolute Gasteiger partial charge is 0.507 e. The highest BCUT2D eigenvalue weighted by Crippen LogP contribution is 2.34. The predicted molar refractivity (Wildman–Crippen MR) is 181 cm³/mol. The minimum Gasteiger partial charge on any atom is -0.507 e. The normalized spacial score (nSPS) is 13.8. The number of phenolic OH excluding ortho intramolecular Hbond substituents is 1. The number of aromatic hydroxyl groups is 1. The highest BCUT2D eigenvalue weighted by atomic mass is 79.9. The molecule has 6 aromatic rings. The molecule has 224 valence electrons. The summed E-state index contributed by atoms with van der Waals surface area (Å²) in [6.07, 6.45) is 2.34. The van der Waals surface area contributed by atoms with E-state index in [1.54, 1.807) is 18.3 Å². The maximum absolute atomic E-state index is 11.2. The number of fused-ring (bicyclic) bond motifs is 1. The van der Waals surface area contributed by atoms with E-state index in [1.807, 2.05) is 42.5 Å². The van der Waals surface area contributed by atoms with Crippen molar-refractivity contribution in [3.63, 3.8) is 0 Å². The van der Waals surface area contributed by atoms with E-state index in [2.05, 4.69) is 71.7 Å². The van der Waals surface area contributed by atoms with E-state index in [0.29, 0.717) is 17.9 Å². The van der Waals surface area contributed by atoms with Gasteiger partial charge in [-0.25, -0.2) is 15.0 Å². The summed E-state index contributed by atoms with van der Waals surface area (Å²) in [5, 5.41) is 10.2. The molecule has 45 heavy (non-hydrogen) atoms. The van der Waals surface area contributed by atoms with Crippen molar-refractivity contribution >= 4 is 44.9 Å². The molecule has 1 aliphatic rings. The van der Waals surface area contributed by atoms with Gasteiger partial charge in [-0.05, 0) is 64.0 Å². The first-order valence-electron chi connectivity index (χ1n) is 14.7. The number of carbonyl (C=O) groups excluding carboxylic acids is 1. The van der Waals surface area contributed by atoms with Crippen molar-refractivity contribution in [1.29, 1.82) is 0 Å². The fourth-order valence-corrected chi connectivity index (χ4v) is 6.43. The number of piperazine rings is 1. The number of phenols is 1. The lowest BCUT2D eigenvalue weighted by Crippen LogP contribution is -2.46. The third-order valence-corrected chi connectivity index (χ3v) is 8.83. The number of hydrogen-bond acceptors (Lipinski definition) is 8. The van der Waals surface area contributed by atoms with E-state index in [0.717, 1.165) is 76.6 Å². The van der Waals surface area contributed by atoms with Gasteiger partial charge in [0.1, 0.15) is 17.1 Å². The first-order chi connectivity index (χ1) is 22.0. The van der Waals surface area contributed by atoms with Gasteiger partial charge in [-0.3, -0.25) is 14.3 Å². The summed E-state index contributed by atoms with van der Waals surface area (Å²) < 4.78 is 2.86. The first-order valence-corrected chi connectivity index (χ1v) is 15.5. The second-order valence-electron chi connectivity index (χ2n) is 11.0. The minimum atomic E-state index is -0.00255. The maximum Gasteiger partial charge on any atom is 0.165 e. The Hall–Kier alpha value is -5.06. The number of anilines is 2. The Morgan fingerprint density at radius 3 is 2.40 bits per heavy atom.